The first-order chi connectivity index (χ1) is 11.9. The quantitative estimate of drug-likeness (QED) is 0.622. The molecule has 130 valence electrons. The van der Waals surface area contributed by atoms with Crippen molar-refractivity contribution in [3.05, 3.63) is 71.9 Å². The van der Waals surface area contributed by atoms with Gasteiger partial charge in [-0.05, 0) is 60.1 Å². The van der Waals surface area contributed by atoms with Crippen LogP contribution in [0.15, 0.2) is 60.8 Å². The van der Waals surface area contributed by atoms with E-state index >= 15 is 0 Å². The molecule has 0 bridgehead atoms. The Kier molecular flexibility index (Phi) is 5.93. The summed E-state index contributed by atoms with van der Waals surface area (Å²) < 4.78 is 0. The lowest BCUT2D eigenvalue weighted by atomic mass is 9.98. The molecule has 0 spiro atoms. The molecular formula is C22H25ClN2. The largest absolute Gasteiger partial charge is 0.356 e. The van der Waals surface area contributed by atoms with Crippen molar-refractivity contribution in [2.45, 2.75) is 32.1 Å². The van der Waals surface area contributed by atoms with Crippen LogP contribution in [0.25, 0.3) is 10.8 Å². The summed E-state index contributed by atoms with van der Waals surface area (Å²) in [4.78, 5) is 7.18. The third-order valence-corrected chi connectivity index (χ3v) is 5.07. The second-order valence-corrected chi connectivity index (χ2v) is 6.67. The van der Waals surface area contributed by atoms with E-state index in [2.05, 4.69) is 59.5 Å². The molecule has 0 aliphatic carbocycles. The predicted octanol–water partition coefficient (Wildman–Crippen LogP) is 5.43. The lowest BCUT2D eigenvalue weighted by Gasteiger charge is -2.29. The standard InChI is InChI=1S/C22H24N2.ClH/c1-4-16-24(17-5-1)22-20(11-7-15-23-22)14-13-19-10-6-9-18-8-2-3-12-21(18)19;/h2-3,6-12,15H,1,4-5,13-14,16-17H2;1H. The summed E-state index contributed by atoms with van der Waals surface area (Å²) >= 11 is 0. The first-order valence-corrected chi connectivity index (χ1v) is 9.07. The molecule has 1 fully saturated rings. The highest BCUT2D eigenvalue weighted by molar-refractivity contribution is 5.86. The number of aromatic nitrogens is 1. The fraction of sp³-hybridized carbons (Fsp3) is 0.318. The Morgan fingerprint density at radius 3 is 2.36 bits per heavy atom. The van der Waals surface area contributed by atoms with Gasteiger partial charge in [0.25, 0.3) is 0 Å². The third kappa shape index (κ3) is 3.96. The van der Waals surface area contributed by atoms with Crippen molar-refractivity contribution in [2.75, 3.05) is 18.0 Å². The molecular weight excluding hydrogens is 328 g/mol. The second-order valence-electron chi connectivity index (χ2n) is 6.67. The van der Waals surface area contributed by atoms with Crippen molar-refractivity contribution >= 4 is 29.0 Å². The van der Waals surface area contributed by atoms with Crippen molar-refractivity contribution in [1.29, 1.82) is 0 Å². The van der Waals surface area contributed by atoms with Crippen molar-refractivity contribution in [1.82, 2.24) is 4.98 Å². The molecule has 1 aromatic heterocycles. The molecule has 0 atom stereocenters. The van der Waals surface area contributed by atoms with E-state index in [1.807, 2.05) is 6.20 Å². The number of hydrogen-bond donors (Lipinski definition) is 0. The van der Waals surface area contributed by atoms with Gasteiger partial charge in [0.1, 0.15) is 5.82 Å². The minimum atomic E-state index is 0. The molecule has 25 heavy (non-hydrogen) atoms. The van der Waals surface area contributed by atoms with Gasteiger partial charge in [0.15, 0.2) is 0 Å². The molecule has 2 heterocycles. The summed E-state index contributed by atoms with van der Waals surface area (Å²) in [6.45, 7) is 2.30. The van der Waals surface area contributed by atoms with Crippen molar-refractivity contribution in [3.8, 4) is 0 Å². The van der Waals surface area contributed by atoms with E-state index in [1.54, 1.807) is 0 Å². The number of anilines is 1. The maximum atomic E-state index is 4.70. The molecule has 2 nitrogen and oxygen atoms in total. The Morgan fingerprint density at radius 1 is 0.760 bits per heavy atom. The number of benzene rings is 2. The average molecular weight is 353 g/mol. The van der Waals surface area contributed by atoms with Crippen LogP contribution >= 0.6 is 12.4 Å². The summed E-state index contributed by atoms with van der Waals surface area (Å²) in [7, 11) is 0. The van der Waals surface area contributed by atoms with Crippen molar-refractivity contribution in [3.63, 3.8) is 0 Å². The molecule has 3 heteroatoms. The molecule has 1 saturated heterocycles. The van der Waals surface area contributed by atoms with Gasteiger partial charge in [-0.1, -0.05) is 48.5 Å². The molecule has 0 unspecified atom stereocenters. The molecule has 0 saturated carbocycles. The molecule has 0 N–H and O–H groups in total. The van der Waals surface area contributed by atoms with Crippen LogP contribution in [0.1, 0.15) is 30.4 Å². The number of hydrogen-bond acceptors (Lipinski definition) is 2. The van der Waals surface area contributed by atoms with Crippen LogP contribution in [-0.2, 0) is 12.8 Å². The topological polar surface area (TPSA) is 16.1 Å². The predicted molar refractivity (Wildman–Crippen MR) is 109 cm³/mol. The van der Waals surface area contributed by atoms with Gasteiger partial charge in [0.2, 0.25) is 0 Å². The zero-order valence-electron chi connectivity index (χ0n) is 14.5. The van der Waals surface area contributed by atoms with Gasteiger partial charge in [-0.2, -0.15) is 0 Å². The Balaban J connectivity index is 0.00000182. The summed E-state index contributed by atoms with van der Waals surface area (Å²) in [5, 5.41) is 2.71. The highest BCUT2D eigenvalue weighted by atomic mass is 35.5. The molecule has 1 aliphatic heterocycles. The minimum Gasteiger partial charge on any atom is -0.356 e. The third-order valence-electron chi connectivity index (χ3n) is 5.07. The smallest absolute Gasteiger partial charge is 0.131 e. The highest BCUT2D eigenvalue weighted by Gasteiger charge is 2.15. The number of aryl methyl sites for hydroxylation is 2. The number of halogens is 1. The number of rotatable bonds is 4. The lowest BCUT2D eigenvalue weighted by molar-refractivity contribution is 0.571. The van der Waals surface area contributed by atoms with E-state index in [4.69, 9.17) is 4.98 Å². The average Bonchev–Trinajstić information content (AvgIpc) is 2.67. The van der Waals surface area contributed by atoms with Crippen molar-refractivity contribution < 1.29 is 0 Å². The zero-order valence-corrected chi connectivity index (χ0v) is 15.3. The van der Waals surface area contributed by atoms with Crippen LogP contribution in [0.2, 0.25) is 0 Å². The Hall–Kier alpha value is -2.06. The van der Waals surface area contributed by atoms with E-state index in [0.717, 1.165) is 25.9 Å². The van der Waals surface area contributed by atoms with Gasteiger partial charge >= 0.3 is 0 Å². The zero-order chi connectivity index (χ0) is 16.2. The van der Waals surface area contributed by atoms with Crippen LogP contribution in [0, 0.1) is 0 Å². The first-order valence-electron chi connectivity index (χ1n) is 9.07. The van der Waals surface area contributed by atoms with Crippen molar-refractivity contribution in [2.24, 2.45) is 0 Å². The Bertz CT molecular complexity index is 820. The van der Waals surface area contributed by atoms with E-state index in [-0.39, 0.29) is 12.4 Å². The van der Waals surface area contributed by atoms with E-state index in [9.17, 15) is 0 Å². The number of fused-ring (bicyclic) bond motifs is 1. The van der Waals surface area contributed by atoms with Crippen LogP contribution in [-0.4, -0.2) is 18.1 Å². The summed E-state index contributed by atoms with van der Waals surface area (Å²) in [5.41, 5.74) is 2.81. The molecule has 4 rings (SSSR count). The Morgan fingerprint density at radius 2 is 1.48 bits per heavy atom. The second kappa shape index (κ2) is 8.35. The van der Waals surface area contributed by atoms with E-state index < -0.39 is 0 Å². The van der Waals surface area contributed by atoms with Gasteiger partial charge in [-0.25, -0.2) is 4.98 Å². The molecule has 0 amide bonds. The van der Waals surface area contributed by atoms with Crippen LogP contribution in [0.4, 0.5) is 5.82 Å². The van der Waals surface area contributed by atoms with E-state index in [1.165, 1.54) is 47.0 Å². The SMILES string of the molecule is Cl.c1cnc(N2CCCCC2)c(CCc2cccc3ccccc23)c1. The Labute approximate surface area is 156 Å². The highest BCUT2D eigenvalue weighted by Crippen LogP contribution is 2.25. The number of pyridine rings is 1. The normalized spacial score (nSPS) is 14.3. The van der Waals surface area contributed by atoms with E-state index in [0.29, 0.717) is 0 Å². The number of nitrogens with zero attached hydrogens (tertiary/aromatic N) is 2. The van der Waals surface area contributed by atoms with Gasteiger partial charge in [-0.15, -0.1) is 12.4 Å². The van der Waals surface area contributed by atoms with Gasteiger partial charge in [-0.3, -0.25) is 0 Å². The van der Waals surface area contributed by atoms with Gasteiger partial charge in [0, 0.05) is 19.3 Å². The summed E-state index contributed by atoms with van der Waals surface area (Å²) in [5.74, 6) is 1.21. The maximum Gasteiger partial charge on any atom is 0.131 e. The molecule has 3 aromatic rings. The molecule has 0 radical (unpaired) electrons. The minimum absolute atomic E-state index is 0. The van der Waals surface area contributed by atoms with Crippen LogP contribution in [0.5, 0.6) is 0 Å². The van der Waals surface area contributed by atoms with Crippen LogP contribution in [0.3, 0.4) is 0 Å². The molecule has 2 aromatic carbocycles. The van der Waals surface area contributed by atoms with Gasteiger partial charge < -0.3 is 4.90 Å². The summed E-state index contributed by atoms with van der Waals surface area (Å²) in [6.07, 6.45) is 7.99. The van der Waals surface area contributed by atoms with Gasteiger partial charge in [0.05, 0.1) is 0 Å². The monoisotopic (exact) mass is 352 g/mol. The molecule has 1 aliphatic rings. The lowest BCUT2D eigenvalue weighted by Crippen LogP contribution is -2.31. The fourth-order valence-electron chi connectivity index (χ4n) is 3.80. The number of piperidine rings is 1. The first kappa shape index (κ1) is 17.8. The van der Waals surface area contributed by atoms with Crippen LogP contribution < -0.4 is 4.90 Å². The maximum absolute atomic E-state index is 4.70. The summed E-state index contributed by atoms with van der Waals surface area (Å²) in [6, 6.07) is 19.6. The fourth-order valence-corrected chi connectivity index (χ4v) is 3.80.